The van der Waals surface area contributed by atoms with Gasteiger partial charge in [0.25, 0.3) is 0 Å². The minimum atomic E-state index is -0.358. The third kappa shape index (κ3) is 1.70. The van der Waals surface area contributed by atoms with Crippen LogP contribution in [0.1, 0.15) is 12.5 Å². The molecule has 1 aromatic carbocycles. The van der Waals surface area contributed by atoms with Gasteiger partial charge in [0.15, 0.2) is 5.11 Å². The maximum atomic E-state index is 4.91. The summed E-state index contributed by atoms with van der Waals surface area (Å²) >= 11 is 4.91. The molecule has 0 spiro atoms. The third-order valence-corrected chi connectivity index (χ3v) is 2.41. The first-order chi connectivity index (χ1) is 6.71. The Bertz CT molecular complexity index is 328. The number of hydrogen-bond acceptors (Lipinski definition) is 3. The average Bonchev–Trinajstić information content (AvgIpc) is 2.24. The molecule has 2 rings (SSSR count). The number of thiocarbonyl (C=S) groups is 1. The van der Waals surface area contributed by atoms with Crippen molar-refractivity contribution in [1.29, 1.82) is 0 Å². The summed E-state index contributed by atoms with van der Waals surface area (Å²) in [6, 6.07) is 10.1. The van der Waals surface area contributed by atoms with Gasteiger partial charge in [0, 0.05) is 0 Å². The molecule has 1 aliphatic heterocycles. The highest BCUT2D eigenvalue weighted by Crippen LogP contribution is 2.16. The summed E-state index contributed by atoms with van der Waals surface area (Å²) in [6.45, 7) is 2.02. The maximum Gasteiger partial charge on any atom is 0.195 e. The van der Waals surface area contributed by atoms with Crippen LogP contribution in [-0.4, -0.2) is 5.11 Å². The Morgan fingerprint density at radius 3 is 2.21 bits per heavy atom. The van der Waals surface area contributed by atoms with Crippen LogP contribution in [0.4, 0.5) is 0 Å². The molecule has 74 valence electrons. The van der Waals surface area contributed by atoms with Crippen LogP contribution in [0.25, 0.3) is 0 Å². The second-order valence-corrected chi connectivity index (χ2v) is 3.73. The summed E-state index contributed by atoms with van der Waals surface area (Å²) in [5.41, 5.74) is 12.7. The van der Waals surface area contributed by atoms with Gasteiger partial charge in [-0.2, -0.15) is 0 Å². The Hall–Kier alpha value is -1.17. The quantitative estimate of drug-likeness (QED) is 0.502. The molecule has 0 unspecified atom stereocenters. The second kappa shape index (κ2) is 3.53. The number of benzene rings is 1. The van der Waals surface area contributed by atoms with Gasteiger partial charge in [-0.3, -0.25) is 10.9 Å². The number of nitrogens with one attached hydrogen (secondary N) is 4. The van der Waals surface area contributed by atoms with E-state index in [1.54, 1.807) is 0 Å². The predicted octanol–water partition coefficient (Wildman–Crippen LogP) is 0.346. The van der Waals surface area contributed by atoms with Crippen LogP contribution < -0.4 is 21.7 Å². The van der Waals surface area contributed by atoms with Crippen LogP contribution in [-0.2, 0) is 5.66 Å². The lowest BCUT2D eigenvalue weighted by molar-refractivity contribution is 0.229. The normalized spacial score (nSPS) is 19.6. The van der Waals surface area contributed by atoms with Crippen LogP contribution >= 0.6 is 12.2 Å². The monoisotopic (exact) mass is 208 g/mol. The van der Waals surface area contributed by atoms with Crippen LogP contribution in [0, 0.1) is 0 Å². The van der Waals surface area contributed by atoms with Crippen molar-refractivity contribution in [3.63, 3.8) is 0 Å². The van der Waals surface area contributed by atoms with Gasteiger partial charge in [0.05, 0.1) is 0 Å². The van der Waals surface area contributed by atoms with Crippen molar-refractivity contribution in [3.8, 4) is 0 Å². The van der Waals surface area contributed by atoms with E-state index in [1.165, 1.54) is 0 Å². The molecule has 1 aliphatic rings. The molecular weight excluding hydrogens is 196 g/mol. The van der Waals surface area contributed by atoms with Crippen LogP contribution in [0.15, 0.2) is 30.3 Å². The molecular formula is C9H12N4S. The van der Waals surface area contributed by atoms with Crippen molar-refractivity contribution in [2.24, 2.45) is 0 Å². The maximum absolute atomic E-state index is 4.91. The Kier molecular flexibility index (Phi) is 2.37. The van der Waals surface area contributed by atoms with Crippen molar-refractivity contribution < 1.29 is 0 Å². The smallest absolute Gasteiger partial charge is 0.195 e. The molecule has 0 bridgehead atoms. The largest absolute Gasteiger partial charge is 0.295 e. The summed E-state index contributed by atoms with van der Waals surface area (Å²) in [5.74, 6) is 0. The predicted molar refractivity (Wildman–Crippen MR) is 58.9 cm³/mol. The Morgan fingerprint density at radius 1 is 1.07 bits per heavy atom. The standard InChI is InChI=1S/C9H12N4S/c1-9(7-5-3-2-4-6-7)12-10-8(14)11-13-9/h2-6,12-13H,1H3,(H2,10,11,14). The molecule has 0 saturated carbocycles. The van der Waals surface area contributed by atoms with E-state index < -0.39 is 0 Å². The molecule has 4 nitrogen and oxygen atoms in total. The topological polar surface area (TPSA) is 48.1 Å². The van der Waals surface area contributed by atoms with Crippen LogP contribution in [0.2, 0.25) is 0 Å². The third-order valence-electron chi connectivity index (χ3n) is 2.20. The Balaban J connectivity index is 2.21. The average molecular weight is 208 g/mol. The van der Waals surface area contributed by atoms with E-state index in [1.807, 2.05) is 37.3 Å². The van der Waals surface area contributed by atoms with Gasteiger partial charge >= 0.3 is 0 Å². The summed E-state index contributed by atoms with van der Waals surface area (Å²) in [5, 5.41) is 0.540. The fourth-order valence-corrected chi connectivity index (χ4v) is 1.44. The minimum Gasteiger partial charge on any atom is -0.295 e. The summed E-state index contributed by atoms with van der Waals surface area (Å²) in [6.07, 6.45) is 0. The van der Waals surface area contributed by atoms with Crippen molar-refractivity contribution >= 4 is 17.3 Å². The van der Waals surface area contributed by atoms with E-state index >= 15 is 0 Å². The van der Waals surface area contributed by atoms with E-state index in [2.05, 4.69) is 21.7 Å². The molecule has 14 heavy (non-hydrogen) atoms. The van der Waals surface area contributed by atoms with Crippen molar-refractivity contribution in [1.82, 2.24) is 21.7 Å². The molecule has 1 heterocycles. The molecule has 0 radical (unpaired) electrons. The first-order valence-electron chi connectivity index (χ1n) is 4.36. The van der Waals surface area contributed by atoms with Crippen molar-refractivity contribution in [2.75, 3.05) is 0 Å². The molecule has 0 aliphatic carbocycles. The Morgan fingerprint density at radius 2 is 1.64 bits per heavy atom. The van der Waals surface area contributed by atoms with E-state index in [4.69, 9.17) is 12.2 Å². The van der Waals surface area contributed by atoms with E-state index in [9.17, 15) is 0 Å². The molecule has 4 N–H and O–H groups in total. The van der Waals surface area contributed by atoms with Crippen molar-refractivity contribution in [3.05, 3.63) is 35.9 Å². The van der Waals surface area contributed by atoms with E-state index in [0.29, 0.717) is 5.11 Å². The van der Waals surface area contributed by atoms with Crippen LogP contribution in [0.5, 0.6) is 0 Å². The number of hydrazine groups is 2. The Labute approximate surface area is 88.0 Å². The molecule has 0 amide bonds. The molecule has 1 fully saturated rings. The van der Waals surface area contributed by atoms with Crippen molar-refractivity contribution in [2.45, 2.75) is 12.6 Å². The lowest BCUT2D eigenvalue weighted by atomic mass is 10.0. The highest BCUT2D eigenvalue weighted by atomic mass is 32.1. The van der Waals surface area contributed by atoms with Gasteiger partial charge in [-0.25, -0.2) is 10.9 Å². The number of hydrogen-bond donors (Lipinski definition) is 4. The fraction of sp³-hybridized carbons (Fsp3) is 0.222. The van der Waals surface area contributed by atoms with Crippen LogP contribution in [0.3, 0.4) is 0 Å². The zero-order valence-corrected chi connectivity index (χ0v) is 8.61. The van der Waals surface area contributed by atoms with Gasteiger partial charge in [-0.15, -0.1) is 0 Å². The van der Waals surface area contributed by atoms with E-state index in [-0.39, 0.29) is 5.66 Å². The number of rotatable bonds is 1. The minimum absolute atomic E-state index is 0.358. The first kappa shape index (κ1) is 9.39. The van der Waals surface area contributed by atoms with Gasteiger partial charge in [0.2, 0.25) is 0 Å². The lowest BCUT2D eigenvalue weighted by Gasteiger charge is -2.37. The van der Waals surface area contributed by atoms with Gasteiger partial charge < -0.3 is 0 Å². The molecule has 1 saturated heterocycles. The van der Waals surface area contributed by atoms with Gasteiger partial charge in [0.1, 0.15) is 5.66 Å². The molecule has 0 atom stereocenters. The van der Waals surface area contributed by atoms with Gasteiger partial charge in [-0.05, 0) is 24.7 Å². The summed E-state index contributed by atoms with van der Waals surface area (Å²) < 4.78 is 0. The molecule has 0 aromatic heterocycles. The second-order valence-electron chi connectivity index (χ2n) is 3.32. The molecule has 1 aromatic rings. The molecule has 5 heteroatoms. The zero-order chi connectivity index (χ0) is 10.0. The zero-order valence-electron chi connectivity index (χ0n) is 7.79. The van der Waals surface area contributed by atoms with Gasteiger partial charge in [-0.1, -0.05) is 30.3 Å². The summed E-state index contributed by atoms with van der Waals surface area (Å²) in [7, 11) is 0. The fourth-order valence-electron chi connectivity index (χ4n) is 1.34. The van der Waals surface area contributed by atoms with E-state index in [0.717, 1.165) is 5.56 Å². The first-order valence-corrected chi connectivity index (χ1v) is 4.77. The highest BCUT2D eigenvalue weighted by molar-refractivity contribution is 7.80. The SMILES string of the molecule is CC1(c2ccccc2)NNC(=S)NN1. The summed E-state index contributed by atoms with van der Waals surface area (Å²) in [4.78, 5) is 0. The lowest BCUT2D eigenvalue weighted by Crippen LogP contribution is -2.70. The highest BCUT2D eigenvalue weighted by Gasteiger charge is 2.29.